The second kappa shape index (κ2) is 12.0. The van der Waals surface area contributed by atoms with Crippen LogP contribution in [0.2, 0.25) is 0 Å². The van der Waals surface area contributed by atoms with E-state index in [-0.39, 0.29) is 0 Å². The maximum absolute atomic E-state index is 5.35. The Hall–Kier alpha value is -1.48. The lowest BCUT2D eigenvalue weighted by atomic mass is 10.1. The highest BCUT2D eigenvalue weighted by molar-refractivity contribution is 7.80. The van der Waals surface area contributed by atoms with Crippen LogP contribution in [0.1, 0.15) is 25.3 Å². The Bertz CT molecular complexity index is 561. The van der Waals surface area contributed by atoms with Crippen LogP contribution in [0.5, 0.6) is 0 Å². The molecule has 0 amide bonds. The first-order valence-corrected chi connectivity index (χ1v) is 10.1. The molecule has 0 saturated carbocycles. The predicted molar refractivity (Wildman–Crippen MR) is 115 cm³/mol. The summed E-state index contributed by atoms with van der Waals surface area (Å²) in [7, 11) is 0. The molecule has 0 spiro atoms. The Kier molecular flexibility index (Phi) is 9.62. The van der Waals surface area contributed by atoms with Crippen molar-refractivity contribution >= 4 is 40.3 Å². The minimum absolute atomic E-state index is 0.481. The average Bonchev–Trinajstić information content (AvgIpc) is 2.67. The second-order valence-electron chi connectivity index (χ2n) is 6.37. The van der Waals surface area contributed by atoms with Gasteiger partial charge in [0.05, 0.1) is 26.3 Å². The van der Waals surface area contributed by atoms with Crippen LogP contribution in [-0.4, -0.2) is 49.6 Å². The molecule has 0 atom stereocenters. The summed E-state index contributed by atoms with van der Waals surface area (Å²) < 4.78 is 5.35. The first kappa shape index (κ1) is 20.8. The van der Waals surface area contributed by atoms with Crippen molar-refractivity contribution in [1.82, 2.24) is 16.2 Å². The number of quaternary nitrogens is 1. The quantitative estimate of drug-likeness (QED) is 0.342. The fourth-order valence-corrected chi connectivity index (χ4v) is 3.04. The van der Waals surface area contributed by atoms with Gasteiger partial charge in [-0.3, -0.25) is 10.9 Å². The van der Waals surface area contributed by atoms with Crippen LogP contribution >= 0.6 is 24.4 Å². The molecule has 0 aliphatic carbocycles. The van der Waals surface area contributed by atoms with E-state index in [1.807, 2.05) is 12.1 Å². The van der Waals surface area contributed by atoms with Gasteiger partial charge in [-0.15, -0.1) is 0 Å². The topological polar surface area (TPSA) is 61.8 Å². The molecule has 144 valence electrons. The molecule has 1 fully saturated rings. The summed E-state index contributed by atoms with van der Waals surface area (Å²) in [5.41, 5.74) is 8.13. The van der Waals surface area contributed by atoms with Crippen molar-refractivity contribution in [3.8, 4) is 0 Å². The van der Waals surface area contributed by atoms with Gasteiger partial charge in [-0.05, 0) is 55.0 Å². The van der Waals surface area contributed by atoms with Crippen LogP contribution in [0.4, 0.5) is 5.69 Å². The van der Waals surface area contributed by atoms with Crippen molar-refractivity contribution in [2.75, 3.05) is 44.7 Å². The lowest BCUT2D eigenvalue weighted by molar-refractivity contribution is -0.906. The molecule has 0 aromatic heterocycles. The van der Waals surface area contributed by atoms with Gasteiger partial charge >= 0.3 is 0 Å². The number of morpholine rings is 1. The summed E-state index contributed by atoms with van der Waals surface area (Å²) >= 11 is 10.5. The molecular weight excluding hydrogens is 366 g/mol. The maximum Gasteiger partial charge on any atom is 0.189 e. The molecule has 1 heterocycles. The van der Waals surface area contributed by atoms with E-state index < -0.39 is 0 Å². The lowest BCUT2D eigenvalue weighted by Gasteiger charge is -2.24. The van der Waals surface area contributed by atoms with Gasteiger partial charge < -0.3 is 20.3 Å². The fourth-order valence-electron chi connectivity index (χ4n) is 2.72. The zero-order chi connectivity index (χ0) is 18.6. The average molecular weight is 397 g/mol. The number of ether oxygens (including phenoxy) is 1. The number of rotatable bonds is 7. The number of aryl methyl sites for hydroxylation is 1. The molecule has 0 unspecified atom stereocenters. The smallest absolute Gasteiger partial charge is 0.189 e. The summed E-state index contributed by atoms with van der Waals surface area (Å²) in [6, 6.07) is 8.35. The number of anilines is 1. The van der Waals surface area contributed by atoms with E-state index >= 15 is 0 Å². The Morgan fingerprint density at radius 3 is 2.46 bits per heavy atom. The Labute approximate surface area is 167 Å². The van der Waals surface area contributed by atoms with Crippen molar-refractivity contribution in [1.29, 1.82) is 0 Å². The van der Waals surface area contributed by atoms with Crippen LogP contribution in [0, 0.1) is 0 Å². The van der Waals surface area contributed by atoms with Crippen molar-refractivity contribution in [2.45, 2.75) is 26.2 Å². The minimum Gasteiger partial charge on any atom is -0.370 e. The number of thiocarbonyl (C=S) groups is 2. The molecule has 1 aliphatic rings. The molecule has 1 aromatic carbocycles. The monoisotopic (exact) mass is 396 g/mol. The third-order valence-corrected chi connectivity index (χ3v) is 4.73. The molecule has 5 N–H and O–H groups in total. The number of nitrogens with one attached hydrogen (secondary N) is 5. The summed E-state index contributed by atoms with van der Waals surface area (Å²) in [5, 5.41) is 7.35. The first-order valence-electron chi connectivity index (χ1n) is 9.28. The van der Waals surface area contributed by atoms with Gasteiger partial charge in [0.25, 0.3) is 0 Å². The van der Waals surface area contributed by atoms with Crippen LogP contribution in [0.25, 0.3) is 0 Å². The summed E-state index contributed by atoms with van der Waals surface area (Å²) in [6.07, 6.45) is 3.54. The Morgan fingerprint density at radius 1 is 1.08 bits per heavy atom. The van der Waals surface area contributed by atoms with Gasteiger partial charge in [0.1, 0.15) is 13.1 Å². The van der Waals surface area contributed by atoms with Crippen molar-refractivity contribution in [3.05, 3.63) is 29.8 Å². The maximum atomic E-state index is 5.35. The van der Waals surface area contributed by atoms with Crippen LogP contribution in [-0.2, 0) is 11.2 Å². The minimum atomic E-state index is 0.481. The third-order valence-electron chi connectivity index (χ3n) is 4.28. The molecule has 0 bridgehead atoms. The molecule has 26 heavy (non-hydrogen) atoms. The summed E-state index contributed by atoms with van der Waals surface area (Å²) in [6.45, 7) is 7.87. The number of hydrogen-bond donors (Lipinski definition) is 5. The van der Waals surface area contributed by atoms with Crippen LogP contribution in [0.3, 0.4) is 0 Å². The molecule has 1 saturated heterocycles. The van der Waals surface area contributed by atoms with E-state index in [0.717, 1.165) is 51.5 Å². The normalized spacial score (nSPS) is 14.5. The third kappa shape index (κ3) is 8.27. The zero-order valence-electron chi connectivity index (χ0n) is 15.4. The molecule has 1 aromatic rings. The summed E-state index contributed by atoms with van der Waals surface area (Å²) in [4.78, 5) is 1.54. The van der Waals surface area contributed by atoms with Gasteiger partial charge in [0.2, 0.25) is 0 Å². The van der Waals surface area contributed by atoms with Crippen molar-refractivity contribution in [2.24, 2.45) is 0 Å². The molecule has 6 nitrogen and oxygen atoms in total. The molecular formula is C18H30N5OS2+. The first-order chi connectivity index (χ1) is 12.7. The molecule has 8 heteroatoms. The Balaban J connectivity index is 1.59. The highest BCUT2D eigenvalue weighted by Gasteiger charge is 2.12. The number of benzene rings is 1. The van der Waals surface area contributed by atoms with Gasteiger partial charge in [-0.1, -0.05) is 25.5 Å². The van der Waals surface area contributed by atoms with Gasteiger partial charge in [-0.2, -0.15) is 0 Å². The summed E-state index contributed by atoms with van der Waals surface area (Å²) in [5.74, 6) is 0. The van der Waals surface area contributed by atoms with E-state index in [2.05, 4.69) is 40.5 Å². The highest BCUT2D eigenvalue weighted by Crippen LogP contribution is 2.11. The van der Waals surface area contributed by atoms with E-state index in [1.54, 1.807) is 4.90 Å². The van der Waals surface area contributed by atoms with Gasteiger partial charge in [0, 0.05) is 5.69 Å². The highest BCUT2D eigenvalue weighted by atomic mass is 32.1. The van der Waals surface area contributed by atoms with Crippen LogP contribution in [0.15, 0.2) is 24.3 Å². The van der Waals surface area contributed by atoms with Crippen molar-refractivity contribution < 1.29 is 9.64 Å². The molecule has 2 rings (SSSR count). The van der Waals surface area contributed by atoms with Crippen molar-refractivity contribution in [3.63, 3.8) is 0 Å². The SMILES string of the molecule is CCCCc1ccc(NC(=S)NNC(=S)NCC[NH+]2CCOCC2)cc1. The molecule has 1 aliphatic heterocycles. The lowest BCUT2D eigenvalue weighted by Crippen LogP contribution is -3.14. The van der Waals surface area contributed by atoms with E-state index in [0.29, 0.717) is 10.2 Å². The number of hydrogen-bond acceptors (Lipinski definition) is 3. The van der Waals surface area contributed by atoms with E-state index in [9.17, 15) is 0 Å². The fraction of sp³-hybridized carbons (Fsp3) is 0.556. The zero-order valence-corrected chi connectivity index (χ0v) is 17.0. The van der Waals surface area contributed by atoms with E-state index in [4.69, 9.17) is 29.2 Å². The Morgan fingerprint density at radius 2 is 1.77 bits per heavy atom. The predicted octanol–water partition coefficient (Wildman–Crippen LogP) is 0.610. The van der Waals surface area contributed by atoms with Crippen LogP contribution < -0.4 is 26.4 Å². The second-order valence-corrected chi connectivity index (χ2v) is 7.19. The number of hydrazine groups is 1. The standard InChI is InChI=1S/C18H29N5OS2/c1-2-3-4-15-5-7-16(8-6-15)20-18(26)22-21-17(25)19-9-10-23-11-13-24-14-12-23/h5-8H,2-4,9-14H2,1H3,(H2,19,21,25)(H2,20,22,26)/p+1. The molecule has 0 radical (unpaired) electrons. The number of unbranched alkanes of at least 4 members (excludes halogenated alkanes) is 1. The van der Waals surface area contributed by atoms with Gasteiger partial charge in [-0.25, -0.2) is 0 Å². The largest absolute Gasteiger partial charge is 0.370 e. The van der Waals surface area contributed by atoms with Gasteiger partial charge in [0.15, 0.2) is 10.2 Å². The van der Waals surface area contributed by atoms with E-state index in [1.165, 1.54) is 18.4 Å².